The lowest BCUT2D eigenvalue weighted by molar-refractivity contribution is 0.196. The van der Waals surface area contributed by atoms with Gasteiger partial charge in [0.1, 0.15) is 6.17 Å². The van der Waals surface area contributed by atoms with Gasteiger partial charge >= 0.3 is 10.3 Å². The van der Waals surface area contributed by atoms with Crippen molar-refractivity contribution in [3.8, 4) is 12.3 Å². The van der Waals surface area contributed by atoms with E-state index in [0.29, 0.717) is 11.1 Å². The summed E-state index contributed by atoms with van der Waals surface area (Å²) in [4.78, 5) is 0. The molecule has 4 nitrogen and oxygen atoms in total. The third kappa shape index (κ3) is 2.25. The Morgan fingerprint density at radius 2 is 2.28 bits per heavy atom. The van der Waals surface area contributed by atoms with E-state index in [4.69, 9.17) is 9.16 Å². The first kappa shape index (κ1) is 10.5. The monoisotopic (exact) mass is 270 g/mol. The molecule has 0 saturated heterocycles. The van der Waals surface area contributed by atoms with Gasteiger partial charge in [0.2, 0.25) is 0 Å². The van der Waals surface area contributed by atoms with Gasteiger partial charge in [-0.2, -0.15) is 12.7 Å². The maximum absolute atomic E-state index is 14.2. The third-order valence-electron chi connectivity index (χ3n) is 2.81. The molecule has 0 spiro atoms. The van der Waals surface area contributed by atoms with Crippen molar-refractivity contribution in [3.05, 3.63) is 35.4 Å². The van der Waals surface area contributed by atoms with Crippen LogP contribution in [0.5, 0.6) is 0 Å². The van der Waals surface area contributed by atoms with Crippen LogP contribution < -0.4 is 0 Å². The van der Waals surface area contributed by atoms with E-state index < -0.39 is 29.0 Å². The van der Waals surface area contributed by atoms with Crippen LogP contribution >= 0.6 is 0 Å². The van der Waals surface area contributed by atoms with Crippen LogP contribution in [0.4, 0.5) is 4.39 Å². The molecule has 96 valence electrons. The van der Waals surface area contributed by atoms with Gasteiger partial charge in [-0.15, -0.1) is 6.42 Å². The molecule has 2 rings (SSSR count). The first-order chi connectivity index (χ1) is 9.18. The van der Waals surface area contributed by atoms with Gasteiger partial charge in [0.25, 0.3) is 0 Å². The van der Waals surface area contributed by atoms with Gasteiger partial charge < -0.3 is 0 Å². The number of nitrogens with zero attached hydrogens (tertiary/aromatic N) is 1. The Morgan fingerprint density at radius 1 is 1.61 bits per heavy atom. The summed E-state index contributed by atoms with van der Waals surface area (Å²) in [6, 6.07) is 4.88. The molecule has 1 aliphatic rings. The molecule has 2 atom stereocenters. The van der Waals surface area contributed by atoms with Crippen LogP contribution in [-0.2, 0) is 16.7 Å². The zero-order chi connectivity index (χ0) is 15.1. The van der Waals surface area contributed by atoms with Crippen molar-refractivity contribution in [2.24, 2.45) is 0 Å². The average Bonchev–Trinajstić information content (AvgIpc) is 2.65. The predicted molar refractivity (Wildman–Crippen MR) is 64.9 cm³/mol. The largest absolute Gasteiger partial charge is 0.337 e. The number of hydrogen-bond donors (Lipinski definition) is 1. The Balaban J connectivity index is 2.60. The highest BCUT2D eigenvalue weighted by molar-refractivity contribution is 7.83. The summed E-state index contributed by atoms with van der Waals surface area (Å²) in [7, 11) is -5.02. The van der Waals surface area contributed by atoms with Gasteiger partial charge in [-0.3, -0.25) is 4.55 Å². The zero-order valence-electron chi connectivity index (χ0n) is 11.2. The van der Waals surface area contributed by atoms with Crippen molar-refractivity contribution in [3.63, 3.8) is 0 Å². The zero-order valence-corrected chi connectivity index (χ0v) is 10.1. The molecule has 1 unspecified atom stereocenters. The van der Waals surface area contributed by atoms with E-state index >= 15 is 0 Å². The highest BCUT2D eigenvalue weighted by atomic mass is 32.2. The maximum Gasteiger partial charge on any atom is 0.337 e. The average molecular weight is 270 g/mol. The van der Waals surface area contributed by atoms with Crippen molar-refractivity contribution >= 4 is 10.3 Å². The van der Waals surface area contributed by atoms with Crippen molar-refractivity contribution < 1.29 is 20.1 Å². The Hall–Kier alpha value is -1.42. The van der Waals surface area contributed by atoms with E-state index in [2.05, 4.69) is 0 Å². The second kappa shape index (κ2) is 4.69. The molecule has 0 aromatic heterocycles. The van der Waals surface area contributed by atoms with Crippen molar-refractivity contribution in [2.45, 2.75) is 18.6 Å². The molecule has 0 aliphatic heterocycles. The number of halogens is 1. The second-order valence-corrected chi connectivity index (χ2v) is 5.18. The van der Waals surface area contributed by atoms with E-state index in [1.165, 1.54) is 6.07 Å². The number of rotatable bonds is 3. The fraction of sp³-hybridized carbons (Fsp3) is 0.333. The van der Waals surface area contributed by atoms with Gasteiger partial charge in [-0.05, 0) is 11.1 Å². The lowest BCUT2D eigenvalue weighted by Crippen LogP contribution is -2.37. The minimum absolute atomic E-state index is 0.0104. The number of terminal acetylenes is 1. The standard InChI is InChI=1S/C12H12FNO3S/c1-2-7-14(18(15,16)17)12-10-6-4-3-5-9(10)8-11(12)13/h1,3-6,11-12H,7-8H2,(H,15,16,17)/t11?,12-/m0/s1/i7D2,13-1. The number of benzene rings is 1. The van der Waals surface area contributed by atoms with Gasteiger partial charge in [0.05, 0.1) is 15.3 Å². The molecular weight excluding hydrogens is 256 g/mol. The maximum atomic E-state index is 14.2. The topological polar surface area (TPSA) is 57.6 Å². The molecule has 0 fully saturated rings. The first-order valence-corrected chi connectivity index (χ1v) is 6.55. The van der Waals surface area contributed by atoms with Crippen molar-refractivity contribution in [1.82, 2.24) is 4.31 Å². The first-order valence-electron chi connectivity index (χ1n) is 6.15. The molecule has 0 radical (unpaired) electrons. The summed E-state index contributed by atoms with van der Waals surface area (Å²) in [5, 5.41) is 0. The molecule has 0 bridgehead atoms. The fourth-order valence-electron chi connectivity index (χ4n) is 2.13. The predicted octanol–water partition coefficient (Wildman–Crippen LogP) is 1.36. The number of alkyl halides is 1. The molecule has 0 heterocycles. The smallest absolute Gasteiger partial charge is 0.273 e. The molecule has 18 heavy (non-hydrogen) atoms. The van der Waals surface area contributed by atoms with E-state index in [1.54, 1.807) is 24.1 Å². The van der Waals surface area contributed by atoms with Crippen LogP contribution in [0.1, 0.15) is 19.9 Å². The van der Waals surface area contributed by atoms with Gasteiger partial charge in [-0.25, -0.2) is 4.39 Å². The van der Waals surface area contributed by atoms with Gasteiger partial charge in [0.15, 0.2) is 0 Å². The van der Waals surface area contributed by atoms with Crippen LogP contribution in [0.15, 0.2) is 24.3 Å². The third-order valence-corrected chi connectivity index (χ3v) is 3.62. The minimum atomic E-state index is -5.02. The highest BCUT2D eigenvalue weighted by Crippen LogP contribution is 2.38. The fourth-order valence-corrected chi connectivity index (χ4v) is 2.83. The van der Waals surface area contributed by atoms with E-state index in [9.17, 15) is 17.4 Å². The minimum Gasteiger partial charge on any atom is -0.273 e. The molecule has 6 heteroatoms. The molecule has 1 aliphatic carbocycles. The van der Waals surface area contributed by atoms with Crippen LogP contribution in [0, 0.1) is 12.3 Å². The number of hydrogen-bond acceptors (Lipinski definition) is 2. The van der Waals surface area contributed by atoms with Crippen LogP contribution in [0.3, 0.4) is 0 Å². The lowest BCUT2D eigenvalue weighted by Gasteiger charge is -2.25. The molecule has 1 aromatic rings. The highest BCUT2D eigenvalue weighted by Gasteiger charge is 2.41. The summed E-state index contributed by atoms with van der Waals surface area (Å²) in [5.41, 5.74) is 0.864. The SMILES string of the molecule is [2H]C([2H])(C#C)N([C@H]1c2ccccc2CC1[18F])S(=O)(=O)O. The Labute approximate surface area is 108 Å². The van der Waals surface area contributed by atoms with Crippen LogP contribution in [-0.4, -0.2) is 29.9 Å². The summed E-state index contributed by atoms with van der Waals surface area (Å²) < 4.78 is 61.4. The summed E-state index contributed by atoms with van der Waals surface area (Å²) in [5.74, 6) is 1.63. The van der Waals surface area contributed by atoms with Crippen molar-refractivity contribution in [1.29, 1.82) is 0 Å². The molecule has 0 amide bonds. The van der Waals surface area contributed by atoms with Crippen LogP contribution in [0.2, 0.25) is 0 Å². The molecule has 0 saturated carbocycles. The molecular formula is C12H12FNO3S. The summed E-state index contributed by atoms with van der Waals surface area (Å²) in [6.07, 6.45) is 3.23. The van der Waals surface area contributed by atoms with E-state index in [0.717, 1.165) is 0 Å². The Kier molecular flexibility index (Phi) is 2.73. The van der Waals surface area contributed by atoms with Crippen molar-refractivity contribution in [2.75, 3.05) is 6.50 Å². The number of fused-ring (bicyclic) bond motifs is 1. The Bertz CT molecular complexity index is 672. The van der Waals surface area contributed by atoms with Gasteiger partial charge in [-0.1, -0.05) is 30.2 Å². The summed E-state index contributed by atoms with van der Waals surface area (Å²) in [6.45, 7) is -2.83. The lowest BCUT2D eigenvalue weighted by atomic mass is 10.1. The van der Waals surface area contributed by atoms with Crippen LogP contribution in [0.25, 0.3) is 0 Å². The van der Waals surface area contributed by atoms with E-state index in [-0.39, 0.29) is 10.7 Å². The quantitative estimate of drug-likeness (QED) is 0.666. The normalized spacial score (nSPS) is 25.2. The Morgan fingerprint density at radius 3 is 2.89 bits per heavy atom. The molecule has 1 N–H and O–H groups in total. The van der Waals surface area contributed by atoms with Gasteiger partial charge in [0, 0.05) is 6.42 Å². The summed E-state index contributed by atoms with van der Waals surface area (Å²) >= 11 is 0. The second-order valence-electron chi connectivity index (χ2n) is 3.89. The molecule has 1 aromatic carbocycles. The van der Waals surface area contributed by atoms with E-state index in [1.807, 2.05) is 0 Å².